The summed E-state index contributed by atoms with van der Waals surface area (Å²) in [6, 6.07) is 3.98. The van der Waals surface area contributed by atoms with Gasteiger partial charge in [-0.2, -0.15) is 0 Å². The van der Waals surface area contributed by atoms with Gasteiger partial charge in [0.25, 0.3) is 0 Å². The Hall–Kier alpha value is -1.35. The van der Waals surface area contributed by atoms with Crippen molar-refractivity contribution in [1.29, 1.82) is 0 Å². The minimum Gasteiger partial charge on any atom is -0.384 e. The second kappa shape index (κ2) is 3.83. The van der Waals surface area contributed by atoms with Crippen molar-refractivity contribution >= 4 is 11.8 Å². The molecule has 1 aromatic rings. The van der Waals surface area contributed by atoms with E-state index in [1.54, 1.807) is 6.07 Å². The Balaban J connectivity index is 1.93. The molecule has 19 heavy (non-hydrogen) atoms. The lowest BCUT2D eigenvalue weighted by Crippen LogP contribution is -2.27. The van der Waals surface area contributed by atoms with Crippen molar-refractivity contribution in [3.63, 3.8) is 0 Å². The Morgan fingerprint density at radius 2 is 2.21 bits per heavy atom. The third-order valence-corrected chi connectivity index (χ3v) is 5.05. The highest BCUT2D eigenvalue weighted by molar-refractivity contribution is 5.72. The fourth-order valence-corrected chi connectivity index (χ4v) is 4.13. The number of rotatable bonds is 0. The number of nitrogens with zero attached hydrogens (tertiary/aromatic N) is 1. The average molecular weight is 258 g/mol. The summed E-state index contributed by atoms with van der Waals surface area (Å²) >= 11 is 0. The van der Waals surface area contributed by atoms with Crippen molar-refractivity contribution in [2.24, 2.45) is 5.92 Å². The van der Waals surface area contributed by atoms with Crippen LogP contribution in [0.25, 0.3) is 6.08 Å². The summed E-state index contributed by atoms with van der Waals surface area (Å²) in [5, 5.41) is 3.43. The van der Waals surface area contributed by atoms with Crippen LogP contribution in [0.3, 0.4) is 0 Å². The summed E-state index contributed by atoms with van der Waals surface area (Å²) in [7, 11) is 2.19. The second-order valence-corrected chi connectivity index (χ2v) is 6.24. The molecule has 1 N–H and O–H groups in total. The van der Waals surface area contributed by atoms with Crippen LogP contribution < -0.4 is 5.32 Å². The third kappa shape index (κ3) is 1.51. The molecule has 0 spiro atoms. The van der Waals surface area contributed by atoms with Gasteiger partial charge in [-0.15, -0.1) is 0 Å². The summed E-state index contributed by atoms with van der Waals surface area (Å²) in [4.78, 5) is 2.43. The standard InChI is InChI=1S/C16H19FN2/c1-9-8-19(2)15-5-10-7-18-14-4-3-13(17)12(16(10)14)6-11(9)15/h3-4,6,9-10,15,18H,5,7-8H2,1-2H3/t9-,10+,15+/m0/s1. The fourth-order valence-electron chi connectivity index (χ4n) is 4.13. The first-order chi connectivity index (χ1) is 9.15. The summed E-state index contributed by atoms with van der Waals surface area (Å²) < 4.78 is 14.2. The summed E-state index contributed by atoms with van der Waals surface area (Å²) in [5.74, 6) is 0.923. The van der Waals surface area contributed by atoms with Gasteiger partial charge in [0.1, 0.15) is 5.82 Å². The predicted octanol–water partition coefficient (Wildman–Crippen LogP) is 3.07. The van der Waals surface area contributed by atoms with Crippen molar-refractivity contribution < 1.29 is 4.39 Å². The maximum absolute atomic E-state index is 14.2. The summed E-state index contributed by atoms with van der Waals surface area (Å²) in [6.07, 6.45) is 3.25. The maximum Gasteiger partial charge on any atom is 0.130 e. The highest BCUT2D eigenvalue weighted by atomic mass is 19.1. The predicted molar refractivity (Wildman–Crippen MR) is 75.8 cm³/mol. The molecule has 100 valence electrons. The van der Waals surface area contributed by atoms with Crippen LogP contribution in [-0.4, -0.2) is 31.1 Å². The lowest BCUT2D eigenvalue weighted by Gasteiger charge is -2.22. The van der Waals surface area contributed by atoms with E-state index in [-0.39, 0.29) is 5.82 Å². The van der Waals surface area contributed by atoms with Crippen LogP contribution in [0.5, 0.6) is 0 Å². The second-order valence-electron chi connectivity index (χ2n) is 6.24. The molecular formula is C16H19FN2. The van der Waals surface area contributed by atoms with Crippen LogP contribution in [0.15, 0.2) is 17.7 Å². The van der Waals surface area contributed by atoms with Crippen molar-refractivity contribution in [2.45, 2.75) is 25.3 Å². The highest BCUT2D eigenvalue weighted by Crippen LogP contribution is 2.46. The molecule has 3 heteroatoms. The topological polar surface area (TPSA) is 15.3 Å². The first-order valence-electron chi connectivity index (χ1n) is 7.13. The Morgan fingerprint density at radius 1 is 1.37 bits per heavy atom. The SMILES string of the molecule is C[C@H]1CN(C)[C@@H]2C[C@@H]3CNc4ccc(F)c(c43)C=C21. The molecule has 0 amide bonds. The fraction of sp³-hybridized carbons (Fsp3) is 0.500. The lowest BCUT2D eigenvalue weighted by atomic mass is 9.92. The van der Waals surface area contributed by atoms with Gasteiger partial charge in [-0.1, -0.05) is 13.0 Å². The number of hydrogen-bond acceptors (Lipinski definition) is 2. The van der Waals surface area contributed by atoms with Gasteiger partial charge in [0.15, 0.2) is 0 Å². The van der Waals surface area contributed by atoms with Gasteiger partial charge in [-0.3, -0.25) is 4.90 Å². The van der Waals surface area contributed by atoms with Crippen LogP contribution in [0.1, 0.15) is 30.4 Å². The van der Waals surface area contributed by atoms with Gasteiger partial charge >= 0.3 is 0 Å². The molecule has 0 saturated carbocycles. The molecule has 1 aromatic carbocycles. The third-order valence-electron chi connectivity index (χ3n) is 5.05. The largest absolute Gasteiger partial charge is 0.384 e. The lowest BCUT2D eigenvalue weighted by molar-refractivity contribution is 0.299. The van der Waals surface area contributed by atoms with Gasteiger partial charge < -0.3 is 5.32 Å². The van der Waals surface area contributed by atoms with E-state index in [9.17, 15) is 4.39 Å². The summed E-state index contributed by atoms with van der Waals surface area (Å²) in [6.45, 7) is 4.30. The molecule has 1 aliphatic carbocycles. The number of likely N-dealkylation sites (N-methyl/N-ethyl adjacent to an activating group) is 1. The van der Waals surface area contributed by atoms with Crippen LogP contribution in [0.2, 0.25) is 0 Å². The molecule has 2 heterocycles. The Morgan fingerprint density at radius 3 is 3.05 bits per heavy atom. The van der Waals surface area contributed by atoms with Crippen LogP contribution in [-0.2, 0) is 0 Å². The molecule has 0 bridgehead atoms. The minimum atomic E-state index is -0.0673. The zero-order chi connectivity index (χ0) is 13.1. The number of fused-ring (bicyclic) bond motifs is 1. The Bertz CT molecular complexity index is 578. The van der Waals surface area contributed by atoms with E-state index in [1.807, 2.05) is 6.07 Å². The van der Waals surface area contributed by atoms with Crippen LogP contribution in [0, 0.1) is 11.7 Å². The first-order valence-corrected chi connectivity index (χ1v) is 7.13. The monoisotopic (exact) mass is 258 g/mol. The van der Waals surface area contributed by atoms with Gasteiger partial charge in [0.05, 0.1) is 0 Å². The molecule has 3 atom stereocenters. The average Bonchev–Trinajstić information content (AvgIpc) is 2.82. The molecule has 0 aromatic heterocycles. The number of nitrogens with one attached hydrogen (secondary N) is 1. The zero-order valence-electron chi connectivity index (χ0n) is 11.4. The quantitative estimate of drug-likeness (QED) is 0.769. The molecule has 0 unspecified atom stereocenters. The molecule has 4 rings (SSSR count). The van der Waals surface area contributed by atoms with E-state index >= 15 is 0 Å². The zero-order valence-corrected chi connectivity index (χ0v) is 11.4. The van der Waals surface area contributed by atoms with Gasteiger partial charge in [-0.05, 0) is 42.7 Å². The molecule has 2 aliphatic heterocycles. The number of hydrogen-bond donors (Lipinski definition) is 1. The number of likely N-dealkylation sites (tertiary alicyclic amines) is 1. The minimum absolute atomic E-state index is 0.0673. The molecule has 2 nitrogen and oxygen atoms in total. The number of benzene rings is 1. The van der Waals surface area contributed by atoms with Crippen molar-refractivity contribution in [2.75, 3.05) is 25.5 Å². The smallest absolute Gasteiger partial charge is 0.130 e. The van der Waals surface area contributed by atoms with E-state index in [2.05, 4.69) is 30.3 Å². The maximum atomic E-state index is 14.2. The molecule has 0 radical (unpaired) electrons. The van der Waals surface area contributed by atoms with Crippen molar-refractivity contribution in [1.82, 2.24) is 4.90 Å². The van der Waals surface area contributed by atoms with E-state index < -0.39 is 0 Å². The first kappa shape index (κ1) is 11.5. The van der Waals surface area contributed by atoms with Gasteiger partial charge in [0, 0.05) is 36.3 Å². The number of halogens is 1. The van der Waals surface area contributed by atoms with Crippen molar-refractivity contribution in [3.05, 3.63) is 34.6 Å². The molecule has 3 aliphatic rings. The van der Waals surface area contributed by atoms with Gasteiger partial charge in [-0.25, -0.2) is 4.39 Å². The summed E-state index contributed by atoms with van der Waals surface area (Å²) in [5.41, 5.74) is 4.60. The highest BCUT2D eigenvalue weighted by Gasteiger charge is 2.39. The van der Waals surface area contributed by atoms with Crippen molar-refractivity contribution in [3.8, 4) is 0 Å². The van der Waals surface area contributed by atoms with E-state index in [0.29, 0.717) is 17.9 Å². The van der Waals surface area contributed by atoms with Crippen LogP contribution >= 0.6 is 0 Å². The Labute approximate surface area is 113 Å². The van der Waals surface area contributed by atoms with Crippen LogP contribution in [0.4, 0.5) is 10.1 Å². The molecule has 1 saturated heterocycles. The normalized spacial score (nSPS) is 32.4. The number of anilines is 1. The molecular weight excluding hydrogens is 239 g/mol. The van der Waals surface area contributed by atoms with Gasteiger partial charge in [0.2, 0.25) is 0 Å². The van der Waals surface area contributed by atoms with E-state index in [1.165, 1.54) is 11.1 Å². The van der Waals surface area contributed by atoms with E-state index in [4.69, 9.17) is 0 Å². The molecule has 1 fully saturated rings. The Kier molecular flexibility index (Phi) is 2.31. The van der Waals surface area contributed by atoms with E-state index in [0.717, 1.165) is 30.8 Å².